The molecule has 1 amide bonds. The van der Waals surface area contributed by atoms with Gasteiger partial charge >= 0.3 is 0 Å². The number of aromatic nitrogens is 3. The van der Waals surface area contributed by atoms with E-state index < -0.39 is 0 Å². The predicted octanol–water partition coefficient (Wildman–Crippen LogP) is 4.33. The number of aryl methyl sites for hydroxylation is 2. The normalized spacial score (nSPS) is 11.1. The third-order valence-corrected chi connectivity index (χ3v) is 4.93. The Morgan fingerprint density at radius 1 is 1.24 bits per heavy atom. The number of rotatable bonds is 4. The van der Waals surface area contributed by atoms with E-state index in [-0.39, 0.29) is 5.91 Å². The maximum Gasteiger partial charge on any atom is 0.277 e. The monoisotopic (exact) mass is 352 g/mol. The van der Waals surface area contributed by atoms with Gasteiger partial charge in [-0.05, 0) is 38.1 Å². The molecule has 0 saturated carbocycles. The number of thiazole rings is 1. The Balaban J connectivity index is 1.67. The minimum absolute atomic E-state index is 0.267. The molecular weight excluding hydrogens is 336 g/mol. The average molecular weight is 352 g/mol. The quantitative estimate of drug-likeness (QED) is 0.593. The molecule has 0 atom stereocenters. The fourth-order valence-corrected chi connectivity index (χ4v) is 3.64. The van der Waals surface area contributed by atoms with E-state index in [9.17, 15) is 4.79 Å². The first-order valence-electron chi connectivity index (χ1n) is 7.95. The van der Waals surface area contributed by atoms with Crippen molar-refractivity contribution in [3.05, 3.63) is 53.2 Å². The molecule has 3 aromatic heterocycles. The van der Waals surface area contributed by atoms with Crippen LogP contribution < -0.4 is 5.32 Å². The standard InChI is InChI=1S/C18H16N4O2S/c1-3-22-13-8-5-4-7-12(13)19-18(22)21-16(23)15-11(2)25-17(20-15)14-9-6-10-24-14/h4-10H,3H2,1-2H3,(H,19,21,23). The Hall–Kier alpha value is -2.93. The number of imidazole rings is 1. The first-order valence-corrected chi connectivity index (χ1v) is 8.77. The molecule has 0 bridgehead atoms. The highest BCUT2D eigenvalue weighted by atomic mass is 32.1. The lowest BCUT2D eigenvalue weighted by atomic mass is 10.3. The maximum absolute atomic E-state index is 12.7. The first kappa shape index (κ1) is 15.6. The predicted molar refractivity (Wildman–Crippen MR) is 97.9 cm³/mol. The van der Waals surface area contributed by atoms with Gasteiger partial charge in [-0.15, -0.1) is 11.3 Å². The number of furan rings is 1. The number of nitrogens with one attached hydrogen (secondary N) is 1. The highest BCUT2D eigenvalue weighted by Gasteiger charge is 2.20. The van der Waals surface area contributed by atoms with E-state index >= 15 is 0 Å². The maximum atomic E-state index is 12.7. The van der Waals surface area contributed by atoms with Gasteiger partial charge in [0.05, 0.1) is 17.3 Å². The number of hydrogen-bond donors (Lipinski definition) is 1. The number of hydrogen-bond acceptors (Lipinski definition) is 5. The summed E-state index contributed by atoms with van der Waals surface area (Å²) in [5.41, 5.74) is 2.24. The lowest BCUT2D eigenvalue weighted by molar-refractivity contribution is 0.102. The van der Waals surface area contributed by atoms with E-state index in [4.69, 9.17) is 4.42 Å². The molecule has 1 aromatic carbocycles. The molecule has 0 spiro atoms. The summed E-state index contributed by atoms with van der Waals surface area (Å²) in [7, 11) is 0. The number of nitrogens with zero attached hydrogens (tertiary/aromatic N) is 3. The zero-order chi connectivity index (χ0) is 17.4. The van der Waals surface area contributed by atoms with Crippen LogP contribution in [-0.4, -0.2) is 20.4 Å². The van der Waals surface area contributed by atoms with Crippen LogP contribution in [0.25, 0.3) is 21.8 Å². The van der Waals surface area contributed by atoms with E-state index in [1.165, 1.54) is 11.3 Å². The average Bonchev–Trinajstić information content (AvgIpc) is 3.32. The Morgan fingerprint density at radius 3 is 2.84 bits per heavy atom. The van der Waals surface area contributed by atoms with Gasteiger partial charge in [0.2, 0.25) is 5.95 Å². The van der Waals surface area contributed by atoms with E-state index in [1.54, 1.807) is 12.3 Å². The fraction of sp³-hybridized carbons (Fsp3) is 0.167. The molecule has 0 aliphatic rings. The van der Waals surface area contributed by atoms with Gasteiger partial charge in [-0.2, -0.15) is 0 Å². The first-order chi connectivity index (χ1) is 12.2. The third-order valence-electron chi connectivity index (χ3n) is 3.94. The summed E-state index contributed by atoms with van der Waals surface area (Å²) in [5, 5.41) is 3.58. The van der Waals surface area contributed by atoms with Crippen molar-refractivity contribution in [2.45, 2.75) is 20.4 Å². The number of benzene rings is 1. The Labute approximate surface area is 148 Å². The molecule has 4 rings (SSSR count). The van der Waals surface area contributed by atoms with E-state index in [0.29, 0.717) is 29.0 Å². The fourth-order valence-electron chi connectivity index (χ4n) is 2.76. The second-order valence-corrected chi connectivity index (χ2v) is 6.73. The van der Waals surface area contributed by atoms with Crippen LogP contribution in [0.1, 0.15) is 22.3 Å². The Morgan fingerprint density at radius 2 is 2.08 bits per heavy atom. The van der Waals surface area contributed by atoms with Crippen molar-refractivity contribution in [3.8, 4) is 10.8 Å². The van der Waals surface area contributed by atoms with Crippen LogP contribution in [0.3, 0.4) is 0 Å². The largest absolute Gasteiger partial charge is 0.462 e. The lowest BCUT2D eigenvalue weighted by Gasteiger charge is -2.06. The summed E-state index contributed by atoms with van der Waals surface area (Å²) in [6.45, 7) is 4.61. The van der Waals surface area contributed by atoms with Gasteiger partial charge in [-0.3, -0.25) is 10.1 Å². The van der Waals surface area contributed by atoms with Gasteiger partial charge in [-0.25, -0.2) is 9.97 Å². The molecule has 3 heterocycles. The van der Waals surface area contributed by atoms with Crippen LogP contribution in [0.5, 0.6) is 0 Å². The van der Waals surface area contributed by atoms with Crippen molar-refractivity contribution < 1.29 is 9.21 Å². The molecule has 25 heavy (non-hydrogen) atoms. The second kappa shape index (κ2) is 6.18. The SMILES string of the molecule is CCn1c(NC(=O)c2nc(-c3ccco3)sc2C)nc2ccccc21. The zero-order valence-corrected chi connectivity index (χ0v) is 14.6. The van der Waals surface area contributed by atoms with Crippen LogP contribution in [0.4, 0.5) is 5.95 Å². The van der Waals surface area contributed by atoms with Crippen molar-refractivity contribution in [2.24, 2.45) is 0 Å². The van der Waals surface area contributed by atoms with E-state index in [0.717, 1.165) is 15.9 Å². The molecule has 126 valence electrons. The van der Waals surface area contributed by atoms with Gasteiger partial charge in [0.15, 0.2) is 10.8 Å². The number of carbonyl (C=O) groups is 1. The number of anilines is 1. The molecule has 6 nitrogen and oxygen atoms in total. The Bertz CT molecular complexity index is 1050. The number of amides is 1. The second-order valence-electron chi connectivity index (χ2n) is 5.52. The molecule has 7 heteroatoms. The summed E-state index contributed by atoms with van der Waals surface area (Å²) < 4.78 is 7.34. The minimum Gasteiger partial charge on any atom is -0.462 e. The topological polar surface area (TPSA) is 73.0 Å². The summed E-state index contributed by atoms with van der Waals surface area (Å²) in [6, 6.07) is 11.4. The number of para-hydroxylation sites is 2. The zero-order valence-electron chi connectivity index (χ0n) is 13.8. The molecular formula is C18H16N4O2S. The van der Waals surface area contributed by atoms with Gasteiger partial charge in [0, 0.05) is 11.4 Å². The van der Waals surface area contributed by atoms with Crippen LogP contribution in [0.2, 0.25) is 0 Å². The van der Waals surface area contributed by atoms with Crippen molar-refractivity contribution in [3.63, 3.8) is 0 Å². The lowest BCUT2D eigenvalue weighted by Crippen LogP contribution is -2.17. The van der Waals surface area contributed by atoms with Gasteiger partial charge in [0.1, 0.15) is 5.69 Å². The van der Waals surface area contributed by atoms with Crippen molar-refractivity contribution in [1.82, 2.24) is 14.5 Å². The van der Waals surface area contributed by atoms with Gasteiger partial charge in [-0.1, -0.05) is 12.1 Å². The molecule has 4 aromatic rings. The molecule has 1 N–H and O–H groups in total. The summed E-state index contributed by atoms with van der Waals surface area (Å²) >= 11 is 1.43. The van der Waals surface area contributed by atoms with E-state index in [2.05, 4.69) is 15.3 Å². The highest BCUT2D eigenvalue weighted by molar-refractivity contribution is 7.15. The van der Waals surface area contributed by atoms with Crippen LogP contribution in [0.15, 0.2) is 47.1 Å². The molecule has 0 aliphatic heterocycles. The summed E-state index contributed by atoms with van der Waals surface area (Å²) in [6.07, 6.45) is 1.59. The number of fused-ring (bicyclic) bond motifs is 1. The van der Waals surface area contributed by atoms with Crippen LogP contribution in [-0.2, 0) is 6.54 Å². The van der Waals surface area contributed by atoms with Crippen molar-refractivity contribution in [2.75, 3.05) is 5.32 Å². The van der Waals surface area contributed by atoms with Crippen LogP contribution in [0, 0.1) is 6.92 Å². The Kier molecular flexibility index (Phi) is 3.85. The van der Waals surface area contributed by atoms with Crippen LogP contribution >= 0.6 is 11.3 Å². The van der Waals surface area contributed by atoms with Crippen molar-refractivity contribution in [1.29, 1.82) is 0 Å². The smallest absolute Gasteiger partial charge is 0.277 e. The highest BCUT2D eigenvalue weighted by Crippen LogP contribution is 2.28. The van der Waals surface area contributed by atoms with Gasteiger partial charge in [0.25, 0.3) is 5.91 Å². The number of carbonyl (C=O) groups excluding carboxylic acids is 1. The molecule has 0 unspecified atom stereocenters. The van der Waals surface area contributed by atoms with E-state index in [1.807, 2.05) is 48.7 Å². The third kappa shape index (κ3) is 2.72. The molecule has 0 saturated heterocycles. The molecule has 0 fully saturated rings. The summed E-state index contributed by atoms with van der Waals surface area (Å²) in [5.74, 6) is 0.921. The minimum atomic E-state index is -0.267. The van der Waals surface area contributed by atoms with Gasteiger partial charge < -0.3 is 8.98 Å². The molecule has 0 radical (unpaired) electrons. The van der Waals surface area contributed by atoms with Crippen molar-refractivity contribution >= 4 is 34.2 Å². The summed E-state index contributed by atoms with van der Waals surface area (Å²) in [4.78, 5) is 22.5. The molecule has 0 aliphatic carbocycles.